The largest absolute Gasteiger partial charge is 0.497 e. The summed E-state index contributed by atoms with van der Waals surface area (Å²) in [5.41, 5.74) is 1.34. The third-order valence-corrected chi connectivity index (χ3v) is 5.44. The molecule has 2 atom stereocenters. The van der Waals surface area contributed by atoms with E-state index in [2.05, 4.69) is 41.5 Å². The molecule has 2 unspecified atom stereocenters. The van der Waals surface area contributed by atoms with Crippen molar-refractivity contribution >= 4 is 29.9 Å². The maximum atomic E-state index is 5.24. The van der Waals surface area contributed by atoms with Crippen LogP contribution in [-0.4, -0.2) is 70.5 Å². The fraction of sp³-hybridized carbons (Fsp3) is 0.682. The zero-order valence-electron chi connectivity index (χ0n) is 18.4. The second-order valence-electron chi connectivity index (χ2n) is 7.43. The van der Waals surface area contributed by atoms with Crippen molar-refractivity contribution in [3.63, 3.8) is 0 Å². The monoisotopic (exact) mass is 518 g/mol. The number of ether oxygens (including phenoxy) is 2. The number of rotatable bonds is 11. The van der Waals surface area contributed by atoms with Crippen molar-refractivity contribution in [3.8, 4) is 5.75 Å². The molecule has 1 aromatic carbocycles. The molecule has 1 aliphatic rings. The first-order chi connectivity index (χ1) is 13.7. The van der Waals surface area contributed by atoms with Crippen LogP contribution in [0.25, 0.3) is 0 Å². The highest BCUT2D eigenvalue weighted by Gasteiger charge is 2.23. The van der Waals surface area contributed by atoms with Crippen molar-refractivity contribution in [2.24, 2.45) is 4.99 Å². The van der Waals surface area contributed by atoms with Crippen LogP contribution in [0.15, 0.2) is 29.3 Å². The van der Waals surface area contributed by atoms with E-state index in [9.17, 15) is 0 Å². The molecular formula is C22H39IN4O2. The number of benzene rings is 1. The second-order valence-corrected chi connectivity index (χ2v) is 7.43. The van der Waals surface area contributed by atoms with Crippen molar-refractivity contribution in [1.29, 1.82) is 0 Å². The van der Waals surface area contributed by atoms with Crippen LogP contribution in [0.5, 0.6) is 5.75 Å². The minimum atomic E-state index is 0. The van der Waals surface area contributed by atoms with Gasteiger partial charge in [0.2, 0.25) is 0 Å². The highest BCUT2D eigenvalue weighted by atomic mass is 127. The van der Waals surface area contributed by atoms with Crippen LogP contribution < -0.4 is 15.4 Å². The normalized spacial score (nSPS) is 18.2. The van der Waals surface area contributed by atoms with Gasteiger partial charge >= 0.3 is 0 Å². The third kappa shape index (κ3) is 9.09. The molecule has 1 heterocycles. The minimum Gasteiger partial charge on any atom is -0.497 e. The summed E-state index contributed by atoms with van der Waals surface area (Å²) < 4.78 is 10.5. The van der Waals surface area contributed by atoms with E-state index in [1.54, 1.807) is 14.2 Å². The maximum Gasteiger partial charge on any atom is 0.191 e. The molecule has 0 aliphatic carbocycles. The molecule has 1 aromatic rings. The van der Waals surface area contributed by atoms with Crippen LogP contribution >= 0.6 is 24.0 Å². The smallest absolute Gasteiger partial charge is 0.191 e. The molecule has 2 N–H and O–H groups in total. The summed E-state index contributed by atoms with van der Waals surface area (Å²) in [5, 5.41) is 6.87. The number of hydrogen-bond acceptors (Lipinski definition) is 4. The van der Waals surface area contributed by atoms with Crippen molar-refractivity contribution < 1.29 is 9.47 Å². The summed E-state index contributed by atoms with van der Waals surface area (Å²) in [5.74, 6) is 2.31. The third-order valence-electron chi connectivity index (χ3n) is 5.44. The average Bonchev–Trinajstić information content (AvgIpc) is 3.17. The number of hydrogen-bond donors (Lipinski definition) is 2. The second kappa shape index (κ2) is 14.8. The first-order valence-corrected chi connectivity index (χ1v) is 10.6. The van der Waals surface area contributed by atoms with Crippen LogP contribution in [0, 0.1) is 0 Å². The Bertz CT molecular complexity index is 583. The molecule has 7 heteroatoms. The SMILES string of the molecule is CCNC(=NCC1CCCN1CCOC)NCCC(C)c1ccc(OC)cc1.I. The Kier molecular flexibility index (Phi) is 13.3. The van der Waals surface area contributed by atoms with Gasteiger partial charge in [-0.15, -0.1) is 24.0 Å². The molecule has 2 rings (SSSR count). The van der Waals surface area contributed by atoms with Gasteiger partial charge in [0.15, 0.2) is 5.96 Å². The van der Waals surface area contributed by atoms with E-state index in [4.69, 9.17) is 14.5 Å². The number of nitrogens with one attached hydrogen (secondary N) is 2. The first-order valence-electron chi connectivity index (χ1n) is 10.6. The summed E-state index contributed by atoms with van der Waals surface area (Å²) in [7, 11) is 3.47. The van der Waals surface area contributed by atoms with Gasteiger partial charge in [0.25, 0.3) is 0 Å². The van der Waals surface area contributed by atoms with E-state index in [1.165, 1.54) is 18.4 Å². The van der Waals surface area contributed by atoms with E-state index in [-0.39, 0.29) is 24.0 Å². The Hall–Kier alpha value is -1.06. The maximum absolute atomic E-state index is 5.24. The molecule has 6 nitrogen and oxygen atoms in total. The predicted molar refractivity (Wildman–Crippen MR) is 132 cm³/mol. The number of likely N-dealkylation sites (tertiary alicyclic amines) is 1. The van der Waals surface area contributed by atoms with Crippen molar-refractivity contribution in [3.05, 3.63) is 29.8 Å². The number of methoxy groups -OCH3 is 2. The zero-order chi connectivity index (χ0) is 20.2. The summed E-state index contributed by atoms with van der Waals surface area (Å²) >= 11 is 0. The molecule has 0 aromatic heterocycles. The molecule has 166 valence electrons. The Morgan fingerprint density at radius 1 is 1.24 bits per heavy atom. The molecule has 29 heavy (non-hydrogen) atoms. The lowest BCUT2D eigenvalue weighted by Crippen LogP contribution is -2.40. The van der Waals surface area contributed by atoms with Crippen molar-refractivity contribution in [2.45, 2.75) is 45.1 Å². The molecule has 0 saturated carbocycles. The van der Waals surface area contributed by atoms with E-state index in [0.29, 0.717) is 12.0 Å². The molecule has 0 spiro atoms. The van der Waals surface area contributed by atoms with Crippen LogP contribution in [0.3, 0.4) is 0 Å². The molecular weight excluding hydrogens is 479 g/mol. The van der Waals surface area contributed by atoms with Crippen LogP contribution in [-0.2, 0) is 4.74 Å². The molecule has 0 bridgehead atoms. The number of guanidine groups is 1. The number of halogens is 1. The molecule has 1 fully saturated rings. The fourth-order valence-corrected chi connectivity index (χ4v) is 3.65. The summed E-state index contributed by atoms with van der Waals surface area (Å²) in [6.07, 6.45) is 3.54. The van der Waals surface area contributed by atoms with Crippen LogP contribution in [0.1, 0.15) is 44.6 Å². The summed E-state index contributed by atoms with van der Waals surface area (Å²) in [6, 6.07) is 8.89. The first kappa shape index (κ1) is 26.0. The molecule has 0 radical (unpaired) electrons. The highest BCUT2D eigenvalue weighted by molar-refractivity contribution is 14.0. The standard InChI is InChI=1S/C22H38N4O2.HI/c1-5-23-22(25-17-20-7-6-14-26(20)15-16-27-3)24-13-12-18(2)19-8-10-21(28-4)11-9-19;/h8-11,18,20H,5-7,12-17H2,1-4H3,(H2,23,24,25);1H. The Morgan fingerprint density at radius 3 is 2.66 bits per heavy atom. The molecule has 1 saturated heterocycles. The number of nitrogens with zero attached hydrogens (tertiary/aromatic N) is 2. The van der Waals surface area contributed by atoms with Gasteiger partial charge in [0, 0.05) is 32.8 Å². The lowest BCUT2D eigenvalue weighted by molar-refractivity contribution is 0.142. The quantitative estimate of drug-likeness (QED) is 0.267. The summed E-state index contributed by atoms with van der Waals surface area (Å²) in [4.78, 5) is 7.34. The Labute approximate surface area is 193 Å². The van der Waals surface area contributed by atoms with Gasteiger partial charge in [-0.1, -0.05) is 19.1 Å². The van der Waals surface area contributed by atoms with Crippen LogP contribution in [0.4, 0.5) is 0 Å². The van der Waals surface area contributed by atoms with Crippen molar-refractivity contribution in [2.75, 3.05) is 53.6 Å². The highest BCUT2D eigenvalue weighted by Crippen LogP contribution is 2.21. The van der Waals surface area contributed by atoms with Gasteiger partial charge in [0.05, 0.1) is 20.3 Å². The van der Waals surface area contributed by atoms with Gasteiger partial charge in [-0.2, -0.15) is 0 Å². The van der Waals surface area contributed by atoms with Gasteiger partial charge in [-0.25, -0.2) is 0 Å². The summed E-state index contributed by atoms with van der Waals surface area (Å²) in [6.45, 7) is 9.94. The Morgan fingerprint density at radius 2 is 2.00 bits per heavy atom. The Balaban J connectivity index is 0.00000420. The predicted octanol–water partition coefficient (Wildman–Crippen LogP) is 3.47. The number of aliphatic imine (C=N–C) groups is 1. The average molecular weight is 518 g/mol. The fourth-order valence-electron chi connectivity index (χ4n) is 3.65. The van der Waals surface area contributed by atoms with Gasteiger partial charge < -0.3 is 20.1 Å². The lowest BCUT2D eigenvalue weighted by Gasteiger charge is -2.23. The molecule has 0 amide bonds. The van der Waals surface area contributed by atoms with E-state index >= 15 is 0 Å². The van der Waals surface area contributed by atoms with Gasteiger partial charge in [0.1, 0.15) is 5.75 Å². The van der Waals surface area contributed by atoms with E-state index in [1.807, 2.05) is 12.1 Å². The van der Waals surface area contributed by atoms with E-state index in [0.717, 1.165) is 57.5 Å². The van der Waals surface area contributed by atoms with E-state index < -0.39 is 0 Å². The minimum absolute atomic E-state index is 0. The van der Waals surface area contributed by atoms with Gasteiger partial charge in [-0.05, 0) is 56.3 Å². The molecule has 1 aliphatic heterocycles. The van der Waals surface area contributed by atoms with Crippen molar-refractivity contribution in [1.82, 2.24) is 15.5 Å². The topological polar surface area (TPSA) is 58.1 Å². The van der Waals surface area contributed by atoms with Crippen LogP contribution in [0.2, 0.25) is 0 Å². The lowest BCUT2D eigenvalue weighted by atomic mass is 9.98. The zero-order valence-corrected chi connectivity index (χ0v) is 20.8. The van der Waals surface area contributed by atoms with Gasteiger partial charge in [-0.3, -0.25) is 9.89 Å².